The van der Waals surface area contributed by atoms with Gasteiger partial charge in [-0.1, -0.05) is 23.2 Å². The van der Waals surface area contributed by atoms with E-state index in [-0.39, 0.29) is 22.7 Å². The molecule has 1 amide bonds. The molecule has 1 heterocycles. The van der Waals surface area contributed by atoms with E-state index < -0.39 is 24.3 Å². The quantitative estimate of drug-likeness (QED) is 0.375. The average molecular weight is 563 g/mol. The average Bonchev–Trinajstić information content (AvgIpc) is 2.84. The number of piperidine rings is 1. The van der Waals surface area contributed by atoms with Gasteiger partial charge in [-0.15, -0.1) is 0 Å². The number of benzene rings is 2. The Labute approximate surface area is 222 Å². The van der Waals surface area contributed by atoms with E-state index in [0.717, 1.165) is 44.1 Å². The minimum atomic E-state index is -4.53. The number of anilines is 1. The SMILES string of the molecule is CCOC(=O)C1CCN(CCOc2ccc(NC(=O)COc3ccc(C(F)(F)F)cc3Cl)cc2Cl)CC1. The maximum absolute atomic E-state index is 12.7. The summed E-state index contributed by atoms with van der Waals surface area (Å²) >= 11 is 12.1. The fraction of sp³-hybridized carbons (Fsp3) is 0.440. The number of alkyl halides is 3. The summed E-state index contributed by atoms with van der Waals surface area (Å²) in [6, 6.07) is 7.37. The van der Waals surface area contributed by atoms with Crippen LogP contribution in [0.5, 0.6) is 11.5 Å². The van der Waals surface area contributed by atoms with Crippen molar-refractivity contribution in [1.29, 1.82) is 0 Å². The van der Waals surface area contributed by atoms with E-state index in [2.05, 4.69) is 10.2 Å². The molecule has 1 fully saturated rings. The number of likely N-dealkylation sites (tertiary alicyclic amines) is 1. The zero-order valence-corrected chi connectivity index (χ0v) is 21.6. The number of hydrogen-bond donors (Lipinski definition) is 1. The van der Waals surface area contributed by atoms with Gasteiger partial charge in [-0.3, -0.25) is 14.5 Å². The van der Waals surface area contributed by atoms with Crippen LogP contribution in [0.4, 0.5) is 18.9 Å². The second kappa shape index (κ2) is 13.2. The van der Waals surface area contributed by atoms with Gasteiger partial charge >= 0.3 is 12.1 Å². The van der Waals surface area contributed by atoms with Crippen molar-refractivity contribution in [2.75, 3.05) is 44.8 Å². The molecular formula is C25H27Cl2F3N2O5. The first-order valence-electron chi connectivity index (χ1n) is 11.7. The number of halogens is 5. The van der Waals surface area contributed by atoms with E-state index >= 15 is 0 Å². The number of nitrogens with one attached hydrogen (secondary N) is 1. The van der Waals surface area contributed by atoms with E-state index in [0.29, 0.717) is 36.2 Å². The third kappa shape index (κ3) is 8.69. The molecule has 1 aliphatic rings. The minimum Gasteiger partial charge on any atom is -0.491 e. The summed E-state index contributed by atoms with van der Waals surface area (Å²) in [6.45, 7) is 4.37. The van der Waals surface area contributed by atoms with E-state index in [1.165, 1.54) is 6.07 Å². The molecule has 0 atom stereocenters. The molecule has 12 heteroatoms. The Morgan fingerprint density at radius 1 is 1.03 bits per heavy atom. The van der Waals surface area contributed by atoms with E-state index in [1.54, 1.807) is 19.1 Å². The summed E-state index contributed by atoms with van der Waals surface area (Å²) in [5.74, 6) is -0.323. The predicted octanol–water partition coefficient (Wildman–Crippen LogP) is 5.68. The van der Waals surface area contributed by atoms with Crippen LogP contribution in [0.25, 0.3) is 0 Å². The molecule has 7 nitrogen and oxygen atoms in total. The fourth-order valence-electron chi connectivity index (χ4n) is 3.77. The van der Waals surface area contributed by atoms with Crippen LogP contribution in [0.3, 0.4) is 0 Å². The number of nitrogens with zero attached hydrogens (tertiary/aromatic N) is 1. The Bertz CT molecular complexity index is 1090. The monoisotopic (exact) mass is 562 g/mol. The Morgan fingerprint density at radius 2 is 1.68 bits per heavy atom. The van der Waals surface area contributed by atoms with Crippen LogP contribution < -0.4 is 14.8 Å². The molecule has 0 unspecified atom stereocenters. The molecule has 2 aromatic rings. The fourth-order valence-corrected chi connectivity index (χ4v) is 4.24. The van der Waals surface area contributed by atoms with Gasteiger partial charge in [0.25, 0.3) is 5.91 Å². The lowest BCUT2D eigenvalue weighted by molar-refractivity contribution is -0.149. The van der Waals surface area contributed by atoms with E-state index in [1.807, 2.05) is 0 Å². The van der Waals surface area contributed by atoms with Crippen LogP contribution in [0.2, 0.25) is 10.0 Å². The standard InChI is InChI=1S/C25H27Cl2F3N2O5/c1-2-35-24(34)16-7-9-32(10-8-16)11-12-36-21-6-4-18(14-20(21)27)31-23(33)15-37-22-5-3-17(13-19(22)26)25(28,29)30/h3-6,13-14,16H,2,7-12,15H2,1H3,(H,31,33). The summed E-state index contributed by atoms with van der Waals surface area (Å²) < 4.78 is 54.3. The third-order valence-corrected chi connectivity index (χ3v) is 6.30. The lowest BCUT2D eigenvalue weighted by atomic mass is 9.97. The number of carbonyl (C=O) groups is 2. The van der Waals surface area contributed by atoms with Crippen molar-refractivity contribution in [2.24, 2.45) is 5.92 Å². The van der Waals surface area contributed by atoms with Crippen molar-refractivity contribution in [2.45, 2.75) is 25.9 Å². The van der Waals surface area contributed by atoms with Crippen molar-refractivity contribution in [3.8, 4) is 11.5 Å². The van der Waals surface area contributed by atoms with Crippen LogP contribution in [0, 0.1) is 5.92 Å². The normalized spacial score (nSPS) is 14.8. The largest absolute Gasteiger partial charge is 0.491 e. The highest BCUT2D eigenvalue weighted by molar-refractivity contribution is 6.32. The number of amides is 1. The summed E-state index contributed by atoms with van der Waals surface area (Å²) in [4.78, 5) is 26.2. The lowest BCUT2D eigenvalue weighted by Crippen LogP contribution is -2.39. The third-order valence-electron chi connectivity index (χ3n) is 5.71. The Morgan fingerprint density at radius 3 is 2.30 bits per heavy atom. The summed E-state index contributed by atoms with van der Waals surface area (Å²) in [6.07, 6.45) is -3.03. The molecule has 0 saturated carbocycles. The molecule has 2 aromatic carbocycles. The summed E-state index contributed by atoms with van der Waals surface area (Å²) in [5.41, 5.74) is -0.518. The van der Waals surface area contributed by atoms with Gasteiger partial charge in [-0.2, -0.15) is 13.2 Å². The Balaban J connectivity index is 1.41. The van der Waals surface area contributed by atoms with Crippen molar-refractivity contribution >= 4 is 40.8 Å². The molecule has 3 rings (SSSR count). The minimum absolute atomic E-state index is 0.0447. The maximum atomic E-state index is 12.7. The Hall–Kier alpha value is -2.69. The lowest BCUT2D eigenvalue weighted by Gasteiger charge is -2.30. The van der Waals surface area contributed by atoms with Gasteiger partial charge in [0.2, 0.25) is 0 Å². The number of esters is 1. The van der Waals surface area contributed by atoms with Gasteiger partial charge in [0.05, 0.1) is 28.1 Å². The van der Waals surface area contributed by atoms with E-state index in [9.17, 15) is 22.8 Å². The zero-order chi connectivity index (χ0) is 27.0. The zero-order valence-electron chi connectivity index (χ0n) is 20.1. The van der Waals surface area contributed by atoms with Gasteiger partial charge in [0.15, 0.2) is 6.61 Å². The molecule has 0 bridgehead atoms. The van der Waals surface area contributed by atoms with Crippen molar-refractivity contribution in [3.05, 3.63) is 52.0 Å². The molecule has 0 radical (unpaired) electrons. The maximum Gasteiger partial charge on any atom is 0.416 e. The van der Waals surface area contributed by atoms with Crippen LogP contribution in [0.1, 0.15) is 25.3 Å². The van der Waals surface area contributed by atoms with Gasteiger partial charge in [-0.05, 0) is 69.3 Å². The first-order chi connectivity index (χ1) is 17.6. The Kier molecular flexibility index (Phi) is 10.3. The summed E-state index contributed by atoms with van der Waals surface area (Å²) in [5, 5.41) is 2.63. The van der Waals surface area contributed by atoms with Crippen molar-refractivity contribution in [3.63, 3.8) is 0 Å². The van der Waals surface area contributed by atoms with Crippen LogP contribution in [-0.4, -0.2) is 56.2 Å². The van der Waals surface area contributed by atoms with Gasteiger partial charge in [-0.25, -0.2) is 0 Å². The van der Waals surface area contributed by atoms with Gasteiger partial charge in [0, 0.05) is 12.2 Å². The smallest absolute Gasteiger partial charge is 0.416 e. The van der Waals surface area contributed by atoms with Gasteiger partial charge in [0.1, 0.15) is 18.1 Å². The summed E-state index contributed by atoms with van der Waals surface area (Å²) in [7, 11) is 0. The highest BCUT2D eigenvalue weighted by Gasteiger charge is 2.31. The van der Waals surface area contributed by atoms with Crippen LogP contribution >= 0.6 is 23.2 Å². The predicted molar refractivity (Wildman–Crippen MR) is 133 cm³/mol. The number of ether oxygens (including phenoxy) is 3. The molecule has 202 valence electrons. The highest BCUT2D eigenvalue weighted by Crippen LogP contribution is 2.34. The first-order valence-corrected chi connectivity index (χ1v) is 12.4. The molecule has 0 aliphatic carbocycles. The molecule has 1 saturated heterocycles. The van der Waals surface area contributed by atoms with Crippen molar-refractivity contribution < 1.29 is 37.0 Å². The number of carbonyl (C=O) groups excluding carboxylic acids is 2. The molecule has 1 N–H and O–H groups in total. The number of hydrogen-bond acceptors (Lipinski definition) is 6. The van der Waals surface area contributed by atoms with Gasteiger partial charge < -0.3 is 19.5 Å². The van der Waals surface area contributed by atoms with Crippen LogP contribution in [-0.2, 0) is 20.5 Å². The van der Waals surface area contributed by atoms with Crippen LogP contribution in [0.15, 0.2) is 36.4 Å². The molecule has 1 aliphatic heterocycles. The highest BCUT2D eigenvalue weighted by atomic mass is 35.5. The molecule has 37 heavy (non-hydrogen) atoms. The number of rotatable bonds is 10. The first kappa shape index (κ1) is 28.9. The second-order valence-corrected chi connectivity index (χ2v) is 9.16. The van der Waals surface area contributed by atoms with E-state index in [4.69, 9.17) is 37.4 Å². The molecule has 0 spiro atoms. The molecular weight excluding hydrogens is 536 g/mol. The van der Waals surface area contributed by atoms with Crippen molar-refractivity contribution in [1.82, 2.24) is 4.90 Å². The molecule has 0 aromatic heterocycles. The topological polar surface area (TPSA) is 77.1 Å². The second-order valence-electron chi connectivity index (χ2n) is 8.34.